The largest absolute Gasteiger partial charge is 0.494 e. The summed E-state index contributed by atoms with van der Waals surface area (Å²) in [6, 6.07) is 0.396. The fourth-order valence-corrected chi connectivity index (χ4v) is 2.00. The maximum absolute atomic E-state index is 5.00. The first-order chi connectivity index (χ1) is 7.76. The number of hydrogen-bond acceptors (Lipinski definition) is 5. The first kappa shape index (κ1) is 13.1. The molecule has 0 aliphatic carbocycles. The summed E-state index contributed by atoms with van der Waals surface area (Å²) in [4.78, 5) is 8.33. The van der Waals surface area contributed by atoms with Crippen molar-refractivity contribution in [3.8, 4) is 5.75 Å². The van der Waals surface area contributed by atoms with Crippen molar-refractivity contribution < 1.29 is 4.74 Å². The molecule has 1 aromatic heterocycles. The number of anilines is 1. The van der Waals surface area contributed by atoms with E-state index in [1.807, 2.05) is 11.8 Å². The zero-order chi connectivity index (χ0) is 11.8. The molecule has 0 amide bonds. The van der Waals surface area contributed by atoms with Crippen molar-refractivity contribution in [2.75, 3.05) is 23.9 Å². The molecular weight excluding hydrogens is 222 g/mol. The molecule has 4 nitrogen and oxygen atoms in total. The van der Waals surface area contributed by atoms with E-state index in [0.29, 0.717) is 17.7 Å². The number of methoxy groups -OCH3 is 1. The molecule has 0 radical (unpaired) electrons. The lowest BCUT2D eigenvalue weighted by Crippen LogP contribution is -2.17. The number of aromatic nitrogens is 2. The summed E-state index contributed by atoms with van der Waals surface area (Å²) >= 11 is 1.95. The van der Waals surface area contributed by atoms with E-state index >= 15 is 0 Å². The molecule has 1 heterocycles. The van der Waals surface area contributed by atoms with Gasteiger partial charge in [0, 0.05) is 6.04 Å². The van der Waals surface area contributed by atoms with Crippen LogP contribution in [0.2, 0.25) is 0 Å². The van der Waals surface area contributed by atoms with Crippen molar-refractivity contribution in [3.05, 3.63) is 12.4 Å². The second-order valence-corrected chi connectivity index (χ2v) is 4.87. The number of ether oxygens (including phenoxy) is 1. The van der Waals surface area contributed by atoms with Crippen LogP contribution in [0.15, 0.2) is 12.4 Å². The van der Waals surface area contributed by atoms with Crippen LogP contribution >= 0.6 is 11.8 Å². The Bertz CT molecular complexity index is 292. The third-order valence-electron chi connectivity index (χ3n) is 2.14. The predicted molar refractivity (Wildman–Crippen MR) is 69.3 cm³/mol. The highest BCUT2D eigenvalue weighted by atomic mass is 32.2. The highest BCUT2D eigenvalue weighted by Gasteiger charge is 2.03. The molecule has 0 aliphatic rings. The lowest BCUT2D eigenvalue weighted by molar-refractivity contribution is 0.411. The monoisotopic (exact) mass is 241 g/mol. The van der Waals surface area contributed by atoms with Crippen molar-refractivity contribution in [3.63, 3.8) is 0 Å². The third kappa shape index (κ3) is 4.70. The SMILES string of the molecule is CCSCCC(C)Nc1ncc(OC)cn1. The van der Waals surface area contributed by atoms with Gasteiger partial charge in [-0.1, -0.05) is 6.92 Å². The molecule has 0 fully saturated rings. The zero-order valence-electron chi connectivity index (χ0n) is 10.1. The minimum absolute atomic E-state index is 0.396. The van der Waals surface area contributed by atoms with Crippen LogP contribution in [0.1, 0.15) is 20.3 Å². The second-order valence-electron chi connectivity index (χ2n) is 3.48. The fourth-order valence-electron chi connectivity index (χ4n) is 1.19. The Balaban J connectivity index is 2.34. The normalized spacial score (nSPS) is 12.2. The highest BCUT2D eigenvalue weighted by Crippen LogP contribution is 2.10. The van der Waals surface area contributed by atoms with Crippen LogP contribution in [0, 0.1) is 0 Å². The van der Waals surface area contributed by atoms with Crippen LogP contribution in [0.4, 0.5) is 5.95 Å². The molecule has 0 saturated heterocycles. The molecule has 1 aromatic rings. The van der Waals surface area contributed by atoms with Gasteiger partial charge in [0.15, 0.2) is 5.75 Å². The number of thioether (sulfide) groups is 1. The van der Waals surface area contributed by atoms with Crippen molar-refractivity contribution in [1.82, 2.24) is 9.97 Å². The third-order valence-corrected chi connectivity index (χ3v) is 3.07. The summed E-state index contributed by atoms with van der Waals surface area (Å²) in [5.74, 6) is 3.68. The number of hydrogen-bond donors (Lipinski definition) is 1. The molecule has 16 heavy (non-hydrogen) atoms. The number of nitrogens with one attached hydrogen (secondary N) is 1. The van der Waals surface area contributed by atoms with E-state index in [2.05, 4.69) is 29.1 Å². The standard InChI is InChI=1S/C11H19N3OS/c1-4-16-6-5-9(2)14-11-12-7-10(15-3)8-13-11/h7-9H,4-6H2,1-3H3,(H,12,13,14). The molecule has 0 spiro atoms. The van der Waals surface area contributed by atoms with Gasteiger partial charge < -0.3 is 10.1 Å². The summed E-state index contributed by atoms with van der Waals surface area (Å²) in [5, 5.41) is 3.26. The highest BCUT2D eigenvalue weighted by molar-refractivity contribution is 7.99. The molecule has 0 aliphatic heterocycles. The van der Waals surface area contributed by atoms with Gasteiger partial charge >= 0.3 is 0 Å². The molecule has 0 aromatic carbocycles. The van der Waals surface area contributed by atoms with Crippen molar-refractivity contribution in [2.24, 2.45) is 0 Å². The zero-order valence-corrected chi connectivity index (χ0v) is 10.9. The van der Waals surface area contributed by atoms with E-state index in [1.54, 1.807) is 19.5 Å². The fraction of sp³-hybridized carbons (Fsp3) is 0.636. The molecule has 1 unspecified atom stereocenters. The molecule has 0 saturated carbocycles. The smallest absolute Gasteiger partial charge is 0.223 e. The molecule has 1 N–H and O–H groups in total. The van der Waals surface area contributed by atoms with Crippen LogP contribution in [0.25, 0.3) is 0 Å². The predicted octanol–water partition coefficient (Wildman–Crippen LogP) is 2.43. The van der Waals surface area contributed by atoms with Crippen LogP contribution in [0.3, 0.4) is 0 Å². The van der Waals surface area contributed by atoms with Gasteiger partial charge in [-0.25, -0.2) is 9.97 Å². The Morgan fingerprint density at radius 3 is 2.69 bits per heavy atom. The molecule has 5 heteroatoms. The average molecular weight is 241 g/mol. The van der Waals surface area contributed by atoms with Crippen molar-refractivity contribution in [2.45, 2.75) is 26.3 Å². The van der Waals surface area contributed by atoms with Gasteiger partial charge in [0.05, 0.1) is 19.5 Å². The Morgan fingerprint density at radius 1 is 1.44 bits per heavy atom. The lowest BCUT2D eigenvalue weighted by Gasteiger charge is -2.13. The summed E-state index contributed by atoms with van der Waals surface area (Å²) < 4.78 is 5.00. The van der Waals surface area contributed by atoms with E-state index in [4.69, 9.17) is 4.74 Å². The van der Waals surface area contributed by atoms with Gasteiger partial charge in [-0.05, 0) is 24.9 Å². The minimum Gasteiger partial charge on any atom is -0.494 e. The van der Waals surface area contributed by atoms with Crippen LogP contribution in [-0.2, 0) is 0 Å². The molecule has 1 atom stereocenters. The van der Waals surface area contributed by atoms with Gasteiger partial charge in [-0.2, -0.15) is 11.8 Å². The maximum atomic E-state index is 5.00. The van der Waals surface area contributed by atoms with Gasteiger partial charge in [0.2, 0.25) is 5.95 Å². The van der Waals surface area contributed by atoms with E-state index < -0.39 is 0 Å². The van der Waals surface area contributed by atoms with E-state index in [9.17, 15) is 0 Å². The Kier molecular flexibility index (Phi) is 6.00. The second kappa shape index (κ2) is 7.33. The van der Waals surface area contributed by atoms with Crippen LogP contribution in [-0.4, -0.2) is 34.6 Å². The average Bonchev–Trinajstić information content (AvgIpc) is 2.30. The van der Waals surface area contributed by atoms with Gasteiger partial charge in [-0.15, -0.1) is 0 Å². The Labute approximate surface area is 101 Å². The maximum Gasteiger partial charge on any atom is 0.223 e. The first-order valence-corrected chi connectivity index (χ1v) is 6.62. The summed E-state index contributed by atoms with van der Waals surface area (Å²) in [5.41, 5.74) is 0. The summed E-state index contributed by atoms with van der Waals surface area (Å²) in [6.07, 6.45) is 4.46. The number of nitrogens with zero attached hydrogens (tertiary/aromatic N) is 2. The lowest BCUT2D eigenvalue weighted by atomic mass is 10.3. The molecule has 90 valence electrons. The van der Waals surface area contributed by atoms with Crippen LogP contribution in [0.5, 0.6) is 5.75 Å². The van der Waals surface area contributed by atoms with Crippen molar-refractivity contribution >= 4 is 17.7 Å². The van der Waals surface area contributed by atoms with Gasteiger partial charge in [-0.3, -0.25) is 0 Å². The molecule has 1 rings (SSSR count). The minimum atomic E-state index is 0.396. The van der Waals surface area contributed by atoms with E-state index in [1.165, 1.54) is 11.5 Å². The topological polar surface area (TPSA) is 47.0 Å². The van der Waals surface area contributed by atoms with E-state index in [-0.39, 0.29) is 0 Å². The number of rotatable bonds is 7. The summed E-state index contributed by atoms with van der Waals surface area (Å²) in [7, 11) is 1.61. The quantitative estimate of drug-likeness (QED) is 0.743. The van der Waals surface area contributed by atoms with Crippen molar-refractivity contribution in [1.29, 1.82) is 0 Å². The molecular formula is C11H19N3OS. The molecule has 0 bridgehead atoms. The summed E-state index contributed by atoms with van der Waals surface area (Å²) in [6.45, 7) is 4.32. The van der Waals surface area contributed by atoms with Gasteiger partial charge in [0.25, 0.3) is 0 Å². The Hall–Kier alpha value is -0.970. The van der Waals surface area contributed by atoms with E-state index in [0.717, 1.165) is 6.42 Å². The first-order valence-electron chi connectivity index (χ1n) is 5.46. The van der Waals surface area contributed by atoms with Gasteiger partial charge in [0.1, 0.15) is 0 Å². The Morgan fingerprint density at radius 2 is 2.12 bits per heavy atom. The van der Waals surface area contributed by atoms with Crippen LogP contribution < -0.4 is 10.1 Å².